The van der Waals surface area contributed by atoms with E-state index in [1.165, 1.54) is 17.9 Å². The van der Waals surface area contributed by atoms with E-state index in [0.717, 1.165) is 5.13 Å². The number of carbonyl (C=O) groups excluding carboxylic acids is 1. The van der Waals surface area contributed by atoms with Crippen LogP contribution in [0, 0.1) is 0 Å². The summed E-state index contributed by atoms with van der Waals surface area (Å²) in [7, 11) is 1.60. The fourth-order valence-electron chi connectivity index (χ4n) is 0.915. The molecular formula is C8H14N4O2S. The van der Waals surface area contributed by atoms with Gasteiger partial charge in [0, 0.05) is 38.2 Å². The molecule has 15 heavy (non-hydrogen) atoms. The number of anilines is 1. The molecule has 1 amide bonds. The molecule has 1 aromatic heterocycles. The lowest BCUT2D eigenvalue weighted by Crippen LogP contribution is -2.28. The Hall–Kier alpha value is -1.21. The number of amides is 1. The van der Waals surface area contributed by atoms with Gasteiger partial charge in [0.1, 0.15) is 6.33 Å². The minimum atomic E-state index is 0.00376. The van der Waals surface area contributed by atoms with Crippen molar-refractivity contribution in [1.29, 1.82) is 0 Å². The van der Waals surface area contributed by atoms with Crippen LogP contribution >= 0.6 is 11.5 Å². The van der Waals surface area contributed by atoms with Gasteiger partial charge in [-0.15, -0.1) is 0 Å². The van der Waals surface area contributed by atoms with Gasteiger partial charge < -0.3 is 15.4 Å². The molecule has 1 aromatic rings. The van der Waals surface area contributed by atoms with Crippen molar-refractivity contribution < 1.29 is 9.53 Å². The first-order valence-electron chi connectivity index (χ1n) is 4.59. The third-order valence-corrected chi connectivity index (χ3v) is 2.24. The molecule has 84 valence electrons. The molecule has 0 spiro atoms. The maximum absolute atomic E-state index is 11.2. The normalized spacial score (nSPS) is 9.93. The van der Waals surface area contributed by atoms with Crippen LogP contribution < -0.4 is 10.6 Å². The van der Waals surface area contributed by atoms with Gasteiger partial charge in [-0.2, -0.15) is 4.37 Å². The second-order valence-electron chi connectivity index (χ2n) is 2.77. The predicted molar refractivity (Wildman–Crippen MR) is 57.9 cm³/mol. The first kappa shape index (κ1) is 11.9. The first-order chi connectivity index (χ1) is 7.33. The summed E-state index contributed by atoms with van der Waals surface area (Å²) in [6, 6.07) is 0. The van der Waals surface area contributed by atoms with Gasteiger partial charge in [0.05, 0.1) is 6.61 Å². The number of nitrogens with zero attached hydrogens (tertiary/aromatic N) is 2. The van der Waals surface area contributed by atoms with Crippen LogP contribution in [0.25, 0.3) is 0 Å². The maximum Gasteiger partial charge on any atom is 0.221 e. The zero-order valence-corrected chi connectivity index (χ0v) is 9.34. The summed E-state index contributed by atoms with van der Waals surface area (Å²) < 4.78 is 8.64. The summed E-state index contributed by atoms with van der Waals surface area (Å²) in [5.74, 6) is 0.00376. The van der Waals surface area contributed by atoms with Gasteiger partial charge >= 0.3 is 0 Å². The predicted octanol–water partition coefficient (Wildman–Crippen LogP) is 0.103. The van der Waals surface area contributed by atoms with Gasteiger partial charge in [0.2, 0.25) is 11.0 Å². The van der Waals surface area contributed by atoms with E-state index < -0.39 is 0 Å². The van der Waals surface area contributed by atoms with Crippen molar-refractivity contribution in [1.82, 2.24) is 14.7 Å². The maximum atomic E-state index is 11.2. The van der Waals surface area contributed by atoms with Crippen LogP contribution in [-0.2, 0) is 9.53 Å². The third kappa shape index (κ3) is 5.28. The van der Waals surface area contributed by atoms with Crippen molar-refractivity contribution in [2.75, 3.05) is 32.1 Å². The Morgan fingerprint density at radius 1 is 1.60 bits per heavy atom. The Kier molecular flexibility index (Phi) is 5.64. The second-order valence-corrected chi connectivity index (χ2v) is 3.55. The minimum Gasteiger partial charge on any atom is -0.383 e. The van der Waals surface area contributed by atoms with E-state index in [1.807, 2.05) is 0 Å². The summed E-state index contributed by atoms with van der Waals surface area (Å²) in [6.07, 6.45) is 1.90. The van der Waals surface area contributed by atoms with Crippen LogP contribution in [0.3, 0.4) is 0 Å². The number of rotatable bonds is 7. The largest absolute Gasteiger partial charge is 0.383 e. The zero-order chi connectivity index (χ0) is 10.9. The summed E-state index contributed by atoms with van der Waals surface area (Å²) in [6.45, 7) is 1.65. The van der Waals surface area contributed by atoms with Crippen molar-refractivity contribution in [2.45, 2.75) is 6.42 Å². The monoisotopic (exact) mass is 230 g/mol. The van der Waals surface area contributed by atoms with Crippen molar-refractivity contribution in [3.8, 4) is 0 Å². The number of hydrogen-bond donors (Lipinski definition) is 2. The topological polar surface area (TPSA) is 76.1 Å². The van der Waals surface area contributed by atoms with Crippen molar-refractivity contribution in [3.63, 3.8) is 0 Å². The molecule has 1 heterocycles. The quantitative estimate of drug-likeness (QED) is 0.650. The molecule has 0 saturated heterocycles. The van der Waals surface area contributed by atoms with Crippen molar-refractivity contribution in [3.05, 3.63) is 6.33 Å². The van der Waals surface area contributed by atoms with E-state index in [4.69, 9.17) is 4.74 Å². The molecule has 0 atom stereocenters. The Morgan fingerprint density at radius 3 is 3.13 bits per heavy atom. The molecule has 0 saturated carbocycles. The highest BCUT2D eigenvalue weighted by Crippen LogP contribution is 2.05. The number of aromatic nitrogens is 2. The van der Waals surface area contributed by atoms with Crippen LogP contribution in [0.1, 0.15) is 6.42 Å². The summed E-state index contributed by atoms with van der Waals surface area (Å²) >= 11 is 1.27. The van der Waals surface area contributed by atoms with Crippen LogP contribution in [-0.4, -0.2) is 42.1 Å². The van der Waals surface area contributed by atoms with E-state index in [-0.39, 0.29) is 5.91 Å². The molecular weight excluding hydrogens is 216 g/mol. The lowest BCUT2D eigenvalue weighted by molar-refractivity contribution is -0.121. The van der Waals surface area contributed by atoms with Gasteiger partial charge in [0.15, 0.2) is 0 Å². The van der Waals surface area contributed by atoms with Gasteiger partial charge in [-0.3, -0.25) is 4.79 Å². The zero-order valence-electron chi connectivity index (χ0n) is 8.52. The van der Waals surface area contributed by atoms with Gasteiger partial charge in [-0.05, 0) is 0 Å². The molecule has 2 N–H and O–H groups in total. The van der Waals surface area contributed by atoms with Crippen LogP contribution in [0.2, 0.25) is 0 Å². The number of methoxy groups -OCH3 is 1. The highest BCUT2D eigenvalue weighted by molar-refractivity contribution is 7.09. The Bertz CT molecular complexity index is 278. The van der Waals surface area contributed by atoms with Gasteiger partial charge in [-0.1, -0.05) is 0 Å². The number of nitrogens with one attached hydrogen (secondary N) is 2. The fourth-order valence-corrected chi connectivity index (χ4v) is 1.37. The van der Waals surface area contributed by atoms with Crippen LogP contribution in [0.15, 0.2) is 6.33 Å². The highest BCUT2D eigenvalue weighted by Gasteiger charge is 2.00. The lowest BCUT2D eigenvalue weighted by atomic mass is 10.4. The molecule has 0 aliphatic heterocycles. The Morgan fingerprint density at radius 2 is 2.47 bits per heavy atom. The average molecular weight is 230 g/mol. The number of hydrogen-bond acceptors (Lipinski definition) is 6. The molecule has 0 aliphatic rings. The Labute approximate surface area is 92.2 Å². The molecule has 0 radical (unpaired) electrons. The molecule has 6 nitrogen and oxygen atoms in total. The molecule has 0 aromatic carbocycles. The van der Waals surface area contributed by atoms with Crippen LogP contribution in [0.4, 0.5) is 5.13 Å². The Balaban J connectivity index is 2.02. The molecule has 7 heteroatoms. The van der Waals surface area contributed by atoms with E-state index in [0.29, 0.717) is 26.1 Å². The molecule has 1 rings (SSSR count). The van der Waals surface area contributed by atoms with Crippen molar-refractivity contribution >= 4 is 22.6 Å². The van der Waals surface area contributed by atoms with Crippen molar-refractivity contribution in [2.24, 2.45) is 0 Å². The number of carbonyl (C=O) groups is 1. The molecule has 0 bridgehead atoms. The minimum absolute atomic E-state index is 0.00376. The molecule has 0 fully saturated rings. The van der Waals surface area contributed by atoms with Gasteiger partial charge in [0.25, 0.3) is 0 Å². The lowest BCUT2D eigenvalue weighted by Gasteiger charge is -2.04. The van der Waals surface area contributed by atoms with E-state index >= 15 is 0 Å². The van der Waals surface area contributed by atoms with Crippen LogP contribution in [0.5, 0.6) is 0 Å². The summed E-state index contributed by atoms with van der Waals surface area (Å²) in [5, 5.41) is 6.46. The van der Waals surface area contributed by atoms with E-state index in [9.17, 15) is 4.79 Å². The smallest absolute Gasteiger partial charge is 0.221 e. The van der Waals surface area contributed by atoms with Gasteiger partial charge in [-0.25, -0.2) is 4.98 Å². The van der Waals surface area contributed by atoms with E-state index in [2.05, 4.69) is 20.0 Å². The summed E-state index contributed by atoms with van der Waals surface area (Å²) in [4.78, 5) is 15.1. The highest BCUT2D eigenvalue weighted by atomic mass is 32.1. The number of ether oxygens (including phenoxy) is 1. The third-order valence-electron chi connectivity index (χ3n) is 1.62. The average Bonchev–Trinajstić information content (AvgIpc) is 2.71. The van der Waals surface area contributed by atoms with E-state index in [1.54, 1.807) is 7.11 Å². The first-order valence-corrected chi connectivity index (χ1v) is 5.36. The summed E-state index contributed by atoms with van der Waals surface area (Å²) in [5.41, 5.74) is 0. The molecule has 0 aliphatic carbocycles. The standard InChI is InChI=1S/C8H14N4O2S/c1-14-5-4-9-7(13)2-3-10-8-11-6-12-15-8/h6H,2-5H2,1H3,(H,9,13)(H,10,11,12). The SMILES string of the molecule is COCCNC(=O)CCNc1ncns1. The fraction of sp³-hybridized carbons (Fsp3) is 0.625. The second kappa shape index (κ2) is 7.13. The molecule has 0 unspecified atom stereocenters.